The van der Waals surface area contributed by atoms with Crippen LogP contribution in [0.25, 0.3) is 0 Å². The van der Waals surface area contributed by atoms with E-state index >= 15 is 0 Å². The van der Waals surface area contributed by atoms with Crippen molar-refractivity contribution >= 4 is 39.4 Å². The molecule has 0 saturated carbocycles. The van der Waals surface area contributed by atoms with Crippen molar-refractivity contribution in [3.05, 3.63) is 29.8 Å². The van der Waals surface area contributed by atoms with Crippen molar-refractivity contribution < 1.29 is 37.5 Å². The van der Waals surface area contributed by atoms with E-state index in [1.54, 1.807) is 19.1 Å². The molecule has 0 radical (unpaired) electrons. The lowest BCUT2D eigenvalue weighted by molar-refractivity contribution is -0.137. The van der Waals surface area contributed by atoms with Crippen LogP contribution in [0.1, 0.15) is 92.1 Å². The molecule has 0 aliphatic carbocycles. The number of amides is 4. The number of carboxylic acid groups (broad SMARTS) is 1. The van der Waals surface area contributed by atoms with Crippen molar-refractivity contribution in [2.45, 2.75) is 122 Å². The summed E-state index contributed by atoms with van der Waals surface area (Å²) in [5.41, 5.74) is 0.750. The highest BCUT2D eigenvalue weighted by Gasteiger charge is 2.30. The number of carbonyl (C=O) groups is 5. The lowest BCUT2D eigenvalue weighted by Crippen LogP contribution is -2.57. The zero-order chi connectivity index (χ0) is 35.7. The second-order valence-corrected chi connectivity index (χ2v) is 14.6. The van der Waals surface area contributed by atoms with Crippen LogP contribution >= 0.6 is 0 Å². The summed E-state index contributed by atoms with van der Waals surface area (Å²) in [7, 11) is -3.31. The van der Waals surface area contributed by atoms with Crippen LogP contribution in [-0.4, -0.2) is 80.1 Å². The molecular formula is C33H55N5O8S. The average molecular weight is 682 g/mol. The zero-order valence-corrected chi connectivity index (χ0v) is 29.7. The predicted molar refractivity (Wildman–Crippen MR) is 180 cm³/mol. The van der Waals surface area contributed by atoms with Crippen LogP contribution in [0.2, 0.25) is 0 Å². The lowest BCUT2D eigenvalue weighted by atomic mass is 9.97. The van der Waals surface area contributed by atoms with Crippen LogP contribution in [0.5, 0.6) is 0 Å². The van der Waals surface area contributed by atoms with E-state index in [1.165, 1.54) is 12.1 Å². The molecule has 0 aliphatic heterocycles. The highest BCUT2D eigenvalue weighted by Crippen LogP contribution is 2.12. The summed E-state index contributed by atoms with van der Waals surface area (Å²) in [4.78, 5) is 63.0. The van der Waals surface area contributed by atoms with E-state index < -0.39 is 45.7 Å². The van der Waals surface area contributed by atoms with Crippen LogP contribution in [0.15, 0.2) is 29.2 Å². The monoisotopic (exact) mass is 681 g/mol. The minimum atomic E-state index is -3.31. The number of carbonyl (C=O) groups excluding carboxylic acids is 4. The number of carboxylic acids is 1. The Labute approximate surface area is 279 Å². The number of hydrogen-bond donors (Lipinski definition) is 6. The van der Waals surface area contributed by atoms with E-state index in [0.717, 1.165) is 11.8 Å². The number of sulfone groups is 1. The second kappa shape index (κ2) is 20.7. The third-order valence-corrected chi connectivity index (χ3v) is 8.93. The minimum Gasteiger partial charge on any atom is -0.481 e. The summed E-state index contributed by atoms with van der Waals surface area (Å²) in [6.45, 7) is 11.9. The largest absolute Gasteiger partial charge is 0.481 e. The number of rotatable bonds is 22. The van der Waals surface area contributed by atoms with E-state index in [0.29, 0.717) is 32.2 Å². The third kappa shape index (κ3) is 16.2. The van der Waals surface area contributed by atoms with Gasteiger partial charge in [0.1, 0.15) is 12.1 Å². The van der Waals surface area contributed by atoms with Gasteiger partial charge in [-0.15, -0.1) is 0 Å². The second-order valence-electron chi connectivity index (χ2n) is 12.6. The molecule has 13 nitrogen and oxygen atoms in total. The van der Waals surface area contributed by atoms with Crippen molar-refractivity contribution in [2.24, 2.45) is 11.8 Å². The van der Waals surface area contributed by atoms with Gasteiger partial charge in [0.05, 0.1) is 10.9 Å². The summed E-state index contributed by atoms with van der Waals surface area (Å²) in [6.07, 6.45) is 3.33. The van der Waals surface area contributed by atoms with Crippen molar-refractivity contribution in [2.75, 3.05) is 12.8 Å². The van der Waals surface area contributed by atoms with E-state index in [2.05, 4.69) is 26.6 Å². The van der Waals surface area contributed by atoms with Crippen LogP contribution in [0.4, 0.5) is 0 Å². The van der Waals surface area contributed by atoms with Gasteiger partial charge in [0.25, 0.3) is 0 Å². The normalized spacial score (nSPS) is 14.7. The number of aliphatic carboxylic acids is 1. The van der Waals surface area contributed by atoms with Crippen LogP contribution in [0.3, 0.4) is 0 Å². The molecule has 266 valence electrons. The van der Waals surface area contributed by atoms with Crippen molar-refractivity contribution in [1.29, 1.82) is 0 Å². The summed E-state index contributed by atoms with van der Waals surface area (Å²) >= 11 is 0. The van der Waals surface area contributed by atoms with Crippen LogP contribution in [0, 0.1) is 11.8 Å². The van der Waals surface area contributed by atoms with Gasteiger partial charge in [0, 0.05) is 38.2 Å². The Hall–Kier alpha value is -3.52. The highest BCUT2D eigenvalue weighted by molar-refractivity contribution is 7.90. The summed E-state index contributed by atoms with van der Waals surface area (Å²) in [5, 5.41) is 23.4. The molecule has 47 heavy (non-hydrogen) atoms. The molecule has 5 atom stereocenters. The Morgan fingerprint density at radius 1 is 0.851 bits per heavy atom. The molecule has 1 aromatic rings. The predicted octanol–water partition coefficient (Wildman–Crippen LogP) is 2.29. The van der Waals surface area contributed by atoms with E-state index in [1.807, 2.05) is 34.6 Å². The highest BCUT2D eigenvalue weighted by atomic mass is 32.2. The van der Waals surface area contributed by atoms with Gasteiger partial charge in [-0.1, -0.05) is 59.6 Å². The molecule has 0 bridgehead atoms. The first-order valence-corrected chi connectivity index (χ1v) is 18.3. The summed E-state index contributed by atoms with van der Waals surface area (Å²) in [5.74, 6) is -2.51. The molecule has 4 amide bonds. The van der Waals surface area contributed by atoms with Crippen LogP contribution < -0.4 is 26.6 Å². The van der Waals surface area contributed by atoms with Gasteiger partial charge in [-0.25, -0.2) is 8.42 Å². The maximum Gasteiger partial charge on any atom is 0.303 e. The first kappa shape index (κ1) is 41.5. The molecule has 0 heterocycles. The molecule has 0 spiro atoms. The Morgan fingerprint density at radius 3 is 2.02 bits per heavy atom. The first-order valence-electron chi connectivity index (χ1n) is 16.4. The Balaban J connectivity index is 2.84. The zero-order valence-electron chi connectivity index (χ0n) is 28.9. The van der Waals surface area contributed by atoms with Gasteiger partial charge < -0.3 is 31.7 Å². The van der Waals surface area contributed by atoms with Gasteiger partial charge >= 0.3 is 5.97 Å². The topological polar surface area (TPSA) is 200 Å². The van der Waals surface area contributed by atoms with Crippen molar-refractivity contribution in [3.63, 3.8) is 0 Å². The number of hydrogen-bond acceptors (Lipinski definition) is 8. The Kier molecular flexibility index (Phi) is 18.2. The van der Waals surface area contributed by atoms with E-state index in [4.69, 9.17) is 5.11 Å². The maximum atomic E-state index is 13.5. The molecule has 0 saturated heterocycles. The molecule has 0 aliphatic rings. The van der Waals surface area contributed by atoms with Crippen LogP contribution in [-0.2, 0) is 40.4 Å². The lowest BCUT2D eigenvalue weighted by Gasteiger charge is -2.28. The van der Waals surface area contributed by atoms with E-state index in [-0.39, 0.29) is 60.4 Å². The van der Waals surface area contributed by atoms with Gasteiger partial charge in [0.15, 0.2) is 9.84 Å². The fourth-order valence-electron chi connectivity index (χ4n) is 4.84. The standard InChI is InChI=1S/C33H55N5O8S/c1-8-11-27(37-33(44)30(22(5)9-2)38-28(39)12-10-13-29(40)41)32(43)36-25(18-21(3)4)20-34-23(6)31(42)35-19-24-14-16-26(17-15-24)47(7,45)46/h14-17,21-23,25,27,30,34H,8-13,18-20H2,1-7H3,(H,35,42)(H,36,43)(H,37,44)(H,38,39)(H,40,41)/t22-,23+,25+,27+,30+/m1/s1. The molecule has 0 unspecified atom stereocenters. The Morgan fingerprint density at radius 2 is 1.49 bits per heavy atom. The maximum absolute atomic E-state index is 13.5. The molecule has 6 N–H and O–H groups in total. The first-order chi connectivity index (χ1) is 22.0. The molecule has 14 heteroatoms. The number of benzene rings is 1. The van der Waals surface area contributed by atoms with Gasteiger partial charge in [0.2, 0.25) is 23.6 Å². The fourth-order valence-corrected chi connectivity index (χ4v) is 5.47. The van der Waals surface area contributed by atoms with Crippen molar-refractivity contribution in [3.8, 4) is 0 Å². The quantitative estimate of drug-likeness (QED) is 0.106. The smallest absolute Gasteiger partial charge is 0.303 e. The number of nitrogens with one attached hydrogen (secondary N) is 5. The fraction of sp³-hybridized carbons (Fsp3) is 0.667. The Bertz CT molecular complexity index is 1290. The molecule has 1 rings (SSSR count). The molecule has 0 aromatic heterocycles. The van der Waals surface area contributed by atoms with Crippen molar-refractivity contribution in [1.82, 2.24) is 26.6 Å². The SMILES string of the molecule is CCC[C@H](NC(=O)[C@@H](NC(=O)CCCC(=O)O)[C@H](C)CC)C(=O)N[C@H](CN[C@@H](C)C(=O)NCc1ccc(S(C)(=O)=O)cc1)CC(C)C. The average Bonchev–Trinajstić information content (AvgIpc) is 2.99. The van der Waals surface area contributed by atoms with Gasteiger partial charge in [-0.3, -0.25) is 24.0 Å². The minimum absolute atomic E-state index is 0.0236. The molecule has 0 fully saturated rings. The molecule has 1 aromatic carbocycles. The van der Waals surface area contributed by atoms with Gasteiger partial charge in [-0.2, -0.15) is 0 Å². The van der Waals surface area contributed by atoms with Gasteiger partial charge in [-0.05, 0) is 55.7 Å². The summed E-state index contributed by atoms with van der Waals surface area (Å²) < 4.78 is 23.3. The summed E-state index contributed by atoms with van der Waals surface area (Å²) in [6, 6.07) is 3.65. The molecular weight excluding hydrogens is 626 g/mol. The third-order valence-electron chi connectivity index (χ3n) is 7.80. The van der Waals surface area contributed by atoms with E-state index in [9.17, 15) is 32.4 Å².